The number of halogens is 2. The minimum atomic E-state index is -0.187. The van der Waals surface area contributed by atoms with Gasteiger partial charge in [0.25, 0.3) is 0 Å². The van der Waals surface area contributed by atoms with E-state index in [0.29, 0.717) is 6.54 Å². The molecular formula is C20H26Cl2N3O-. The highest BCUT2D eigenvalue weighted by molar-refractivity contribution is 6.30. The number of hydrogen-bond donors (Lipinski definition) is 2. The van der Waals surface area contributed by atoms with E-state index in [2.05, 4.69) is 35.4 Å². The Balaban J connectivity index is 0.00000338. The Morgan fingerprint density at radius 2 is 1.73 bits per heavy atom. The van der Waals surface area contributed by atoms with Crippen molar-refractivity contribution in [3.8, 4) is 0 Å². The quantitative estimate of drug-likeness (QED) is 0.752. The summed E-state index contributed by atoms with van der Waals surface area (Å²) < 4.78 is 0. The number of nitrogens with zero attached hydrogens (tertiary/aromatic N) is 1. The smallest absolute Gasteiger partial charge is 0.319 e. The lowest BCUT2D eigenvalue weighted by atomic mass is 10.1. The Labute approximate surface area is 167 Å². The zero-order valence-corrected chi connectivity index (χ0v) is 17.0. The molecular weight excluding hydrogens is 369 g/mol. The van der Waals surface area contributed by atoms with Gasteiger partial charge in [0.15, 0.2) is 0 Å². The van der Waals surface area contributed by atoms with E-state index < -0.39 is 0 Å². The minimum absolute atomic E-state index is 0. The maximum absolute atomic E-state index is 12.1. The standard InChI is InChI=1S/C20H26ClN3O.ClH/c1-4-24(5-2)18-10-11-19(15(3)14-18)23-20(25)22-13-12-16-6-8-17(21)9-7-16;/h6-11,14H,4-5,12-13H2,1-3H3,(H2,22,23,25);1H/p-1. The Morgan fingerprint density at radius 1 is 1.08 bits per heavy atom. The molecule has 2 aromatic rings. The van der Waals surface area contributed by atoms with E-state index in [1.165, 1.54) is 5.69 Å². The third kappa shape index (κ3) is 6.43. The normalized spacial score (nSPS) is 10.0. The highest BCUT2D eigenvalue weighted by atomic mass is 35.5. The molecule has 2 aromatic carbocycles. The summed E-state index contributed by atoms with van der Waals surface area (Å²) in [6.45, 7) is 8.79. The van der Waals surface area contributed by atoms with Crippen LogP contribution in [0.5, 0.6) is 0 Å². The number of benzene rings is 2. The summed E-state index contributed by atoms with van der Waals surface area (Å²) in [5.41, 5.74) is 4.21. The molecule has 4 nitrogen and oxygen atoms in total. The Morgan fingerprint density at radius 3 is 2.31 bits per heavy atom. The summed E-state index contributed by atoms with van der Waals surface area (Å²) in [7, 11) is 0. The van der Waals surface area contributed by atoms with Crippen molar-refractivity contribution in [2.45, 2.75) is 27.2 Å². The maximum Gasteiger partial charge on any atom is 0.319 e. The van der Waals surface area contributed by atoms with Crippen molar-refractivity contribution in [3.63, 3.8) is 0 Å². The topological polar surface area (TPSA) is 44.4 Å². The first-order valence-electron chi connectivity index (χ1n) is 8.68. The number of amides is 2. The van der Waals surface area contributed by atoms with Crippen LogP contribution in [0, 0.1) is 6.92 Å². The first kappa shape index (κ1) is 22.1. The average Bonchev–Trinajstić information content (AvgIpc) is 2.60. The SMILES string of the molecule is CCN(CC)c1ccc(NC(=O)NCCc2ccc(Cl)cc2)c(C)c1.[Cl-]. The van der Waals surface area contributed by atoms with E-state index >= 15 is 0 Å². The average molecular weight is 395 g/mol. The van der Waals surface area contributed by atoms with Gasteiger partial charge in [0.05, 0.1) is 0 Å². The summed E-state index contributed by atoms with van der Waals surface area (Å²) in [6, 6.07) is 13.6. The summed E-state index contributed by atoms with van der Waals surface area (Å²) in [5.74, 6) is 0. The number of carbonyl (C=O) groups is 1. The van der Waals surface area contributed by atoms with E-state index in [0.717, 1.165) is 41.3 Å². The fraction of sp³-hybridized carbons (Fsp3) is 0.350. The van der Waals surface area contributed by atoms with Crippen molar-refractivity contribution in [3.05, 3.63) is 58.6 Å². The second kappa shape index (κ2) is 10.9. The van der Waals surface area contributed by atoms with Gasteiger partial charge in [-0.25, -0.2) is 4.79 Å². The molecule has 0 saturated carbocycles. The number of hydrogen-bond acceptors (Lipinski definition) is 2. The predicted octanol–water partition coefficient (Wildman–Crippen LogP) is 1.86. The third-order valence-electron chi connectivity index (χ3n) is 4.20. The number of carbonyl (C=O) groups excluding carboxylic acids is 1. The van der Waals surface area contributed by atoms with Crippen molar-refractivity contribution in [2.24, 2.45) is 0 Å². The van der Waals surface area contributed by atoms with Crippen LogP contribution in [-0.2, 0) is 6.42 Å². The zero-order valence-electron chi connectivity index (χ0n) is 15.5. The molecule has 2 amide bonds. The molecule has 0 aliphatic heterocycles. The van der Waals surface area contributed by atoms with Gasteiger partial charge in [-0.3, -0.25) is 0 Å². The van der Waals surface area contributed by atoms with Gasteiger partial charge >= 0.3 is 6.03 Å². The van der Waals surface area contributed by atoms with Crippen LogP contribution < -0.4 is 27.9 Å². The molecule has 0 radical (unpaired) electrons. The molecule has 2 rings (SSSR count). The molecule has 0 saturated heterocycles. The van der Waals surface area contributed by atoms with E-state index in [1.807, 2.05) is 43.3 Å². The molecule has 142 valence electrons. The van der Waals surface area contributed by atoms with Gasteiger partial charge in [-0.05, 0) is 68.7 Å². The second-order valence-corrected chi connectivity index (χ2v) is 6.37. The second-order valence-electron chi connectivity index (χ2n) is 5.93. The lowest BCUT2D eigenvalue weighted by Gasteiger charge is -2.22. The molecule has 6 heteroatoms. The fourth-order valence-corrected chi connectivity index (χ4v) is 2.84. The van der Waals surface area contributed by atoms with Gasteiger partial charge in [-0.2, -0.15) is 0 Å². The number of nitrogens with one attached hydrogen (secondary N) is 2. The first-order chi connectivity index (χ1) is 12.0. The van der Waals surface area contributed by atoms with Crippen molar-refractivity contribution >= 4 is 29.0 Å². The summed E-state index contributed by atoms with van der Waals surface area (Å²) >= 11 is 5.87. The first-order valence-corrected chi connectivity index (χ1v) is 9.06. The van der Waals surface area contributed by atoms with E-state index in [1.54, 1.807) is 0 Å². The molecule has 0 unspecified atom stereocenters. The van der Waals surface area contributed by atoms with Crippen LogP contribution in [0.2, 0.25) is 5.02 Å². The van der Waals surface area contributed by atoms with Crippen molar-refractivity contribution < 1.29 is 17.2 Å². The zero-order chi connectivity index (χ0) is 18.2. The van der Waals surface area contributed by atoms with Gasteiger partial charge in [-0.15, -0.1) is 0 Å². The monoisotopic (exact) mass is 394 g/mol. The van der Waals surface area contributed by atoms with Gasteiger partial charge < -0.3 is 27.9 Å². The van der Waals surface area contributed by atoms with Gasteiger partial charge in [0, 0.05) is 36.0 Å². The molecule has 26 heavy (non-hydrogen) atoms. The van der Waals surface area contributed by atoms with E-state index in [4.69, 9.17) is 11.6 Å². The van der Waals surface area contributed by atoms with Crippen LogP contribution in [0.25, 0.3) is 0 Å². The summed E-state index contributed by atoms with van der Waals surface area (Å²) in [4.78, 5) is 14.4. The molecule has 0 aromatic heterocycles. The van der Waals surface area contributed by atoms with Crippen LogP contribution >= 0.6 is 11.6 Å². The maximum atomic E-state index is 12.1. The molecule has 0 fully saturated rings. The lowest BCUT2D eigenvalue weighted by molar-refractivity contribution is -0.00000831. The number of urea groups is 1. The molecule has 0 aliphatic rings. The number of aryl methyl sites for hydroxylation is 1. The van der Waals surface area contributed by atoms with Gasteiger partial charge in [0.2, 0.25) is 0 Å². The Hall–Kier alpha value is -1.91. The largest absolute Gasteiger partial charge is 1.00 e. The molecule has 0 spiro atoms. The van der Waals surface area contributed by atoms with Crippen molar-refractivity contribution in [1.82, 2.24) is 5.32 Å². The van der Waals surface area contributed by atoms with Crippen molar-refractivity contribution in [1.29, 1.82) is 0 Å². The molecule has 0 heterocycles. The highest BCUT2D eigenvalue weighted by Gasteiger charge is 2.07. The molecule has 0 bridgehead atoms. The van der Waals surface area contributed by atoms with Crippen molar-refractivity contribution in [2.75, 3.05) is 29.9 Å². The van der Waals surface area contributed by atoms with E-state index in [9.17, 15) is 4.79 Å². The number of anilines is 2. The number of rotatable bonds is 7. The molecule has 0 atom stereocenters. The van der Waals surface area contributed by atoms with Crippen LogP contribution in [0.15, 0.2) is 42.5 Å². The van der Waals surface area contributed by atoms with Crippen LogP contribution in [0.1, 0.15) is 25.0 Å². The van der Waals surface area contributed by atoms with Gasteiger partial charge in [0.1, 0.15) is 0 Å². The van der Waals surface area contributed by atoms with Gasteiger partial charge in [-0.1, -0.05) is 23.7 Å². The minimum Gasteiger partial charge on any atom is -1.00 e. The molecule has 0 aliphatic carbocycles. The molecule has 2 N–H and O–H groups in total. The Bertz CT molecular complexity index is 701. The highest BCUT2D eigenvalue weighted by Crippen LogP contribution is 2.22. The summed E-state index contributed by atoms with van der Waals surface area (Å²) in [5, 5.41) is 6.53. The van der Waals surface area contributed by atoms with Crippen LogP contribution in [0.4, 0.5) is 16.2 Å². The fourth-order valence-electron chi connectivity index (χ4n) is 2.71. The summed E-state index contributed by atoms with van der Waals surface area (Å²) in [6.07, 6.45) is 0.768. The lowest BCUT2D eigenvalue weighted by Crippen LogP contribution is -3.00. The predicted molar refractivity (Wildman–Crippen MR) is 107 cm³/mol. The van der Waals surface area contributed by atoms with Crippen LogP contribution in [0.3, 0.4) is 0 Å². The van der Waals surface area contributed by atoms with Crippen LogP contribution in [-0.4, -0.2) is 25.7 Å². The van der Waals surface area contributed by atoms with E-state index in [-0.39, 0.29) is 18.4 Å². The third-order valence-corrected chi connectivity index (χ3v) is 4.45. The Kier molecular flexibility index (Phi) is 9.31.